The highest BCUT2D eigenvalue weighted by molar-refractivity contribution is 4.95. The summed E-state index contributed by atoms with van der Waals surface area (Å²) < 4.78 is 7.84. The van der Waals surface area contributed by atoms with Gasteiger partial charge >= 0.3 is 0 Å². The zero-order chi connectivity index (χ0) is 14.6. The molecule has 114 valence electrons. The Labute approximate surface area is 120 Å². The maximum absolute atomic E-state index is 10.5. The Hall–Kier alpha value is -0.980. The van der Waals surface area contributed by atoms with Crippen LogP contribution in [0.15, 0.2) is 6.33 Å². The van der Waals surface area contributed by atoms with Crippen molar-refractivity contribution in [2.75, 3.05) is 26.2 Å². The molecule has 0 saturated carbocycles. The molecular weight excluding hydrogens is 256 g/mol. The molecule has 0 radical (unpaired) electrons. The van der Waals surface area contributed by atoms with E-state index in [9.17, 15) is 5.11 Å². The second-order valence-electron chi connectivity index (χ2n) is 5.50. The van der Waals surface area contributed by atoms with Gasteiger partial charge in [-0.15, -0.1) is 10.2 Å². The third-order valence-corrected chi connectivity index (χ3v) is 4.26. The highest BCUT2D eigenvalue weighted by atomic mass is 16.5. The topological polar surface area (TPSA) is 63.4 Å². The van der Waals surface area contributed by atoms with Gasteiger partial charge in [-0.2, -0.15) is 0 Å². The van der Waals surface area contributed by atoms with Gasteiger partial charge in [0.15, 0.2) is 5.82 Å². The quantitative estimate of drug-likeness (QED) is 0.850. The summed E-state index contributed by atoms with van der Waals surface area (Å²) >= 11 is 0. The van der Waals surface area contributed by atoms with Crippen molar-refractivity contribution in [2.24, 2.45) is 0 Å². The van der Waals surface area contributed by atoms with Crippen molar-refractivity contribution in [1.82, 2.24) is 19.7 Å². The Morgan fingerprint density at radius 3 is 2.80 bits per heavy atom. The fourth-order valence-corrected chi connectivity index (χ4v) is 2.65. The van der Waals surface area contributed by atoms with E-state index in [1.54, 1.807) is 6.33 Å². The third kappa shape index (κ3) is 3.37. The first-order valence-corrected chi connectivity index (χ1v) is 7.56. The molecule has 20 heavy (non-hydrogen) atoms. The Balaban J connectivity index is 2.02. The molecule has 2 rings (SSSR count). The van der Waals surface area contributed by atoms with Crippen LogP contribution in [0.4, 0.5) is 0 Å². The molecule has 1 fully saturated rings. The molecule has 0 spiro atoms. The van der Waals surface area contributed by atoms with Crippen LogP contribution in [-0.4, -0.2) is 56.6 Å². The minimum absolute atomic E-state index is 0.0517. The smallest absolute Gasteiger partial charge is 0.163 e. The number of hydrogen-bond acceptors (Lipinski definition) is 5. The highest BCUT2D eigenvalue weighted by Gasteiger charge is 2.31. The predicted molar refractivity (Wildman–Crippen MR) is 76.4 cm³/mol. The lowest BCUT2D eigenvalue weighted by molar-refractivity contribution is -0.0716. The van der Waals surface area contributed by atoms with E-state index in [1.807, 2.05) is 18.4 Å². The summed E-state index contributed by atoms with van der Waals surface area (Å²) in [7, 11) is 0. The first-order valence-electron chi connectivity index (χ1n) is 7.56. The number of aryl methyl sites for hydroxylation is 1. The number of β-amino-alcohol motifs (C(OH)–C–C–N with tert-alkyl or cyclic N) is 1. The van der Waals surface area contributed by atoms with Crippen molar-refractivity contribution in [3.63, 3.8) is 0 Å². The van der Waals surface area contributed by atoms with E-state index in [0.717, 1.165) is 38.3 Å². The van der Waals surface area contributed by atoms with Crippen LogP contribution in [0.5, 0.6) is 0 Å². The Morgan fingerprint density at radius 1 is 1.40 bits per heavy atom. The number of aliphatic hydroxyl groups is 1. The van der Waals surface area contributed by atoms with Gasteiger partial charge in [0, 0.05) is 26.2 Å². The SMILES string of the molecule is CCn1cnnc1[C@H]1CN(CC(O)(CC)CC)CCO1. The molecule has 6 nitrogen and oxygen atoms in total. The fraction of sp³-hybridized carbons (Fsp3) is 0.857. The van der Waals surface area contributed by atoms with Gasteiger partial charge in [0.05, 0.1) is 12.2 Å². The van der Waals surface area contributed by atoms with E-state index in [-0.39, 0.29) is 6.10 Å². The Bertz CT molecular complexity index is 417. The molecule has 0 unspecified atom stereocenters. The van der Waals surface area contributed by atoms with E-state index in [1.165, 1.54) is 0 Å². The summed E-state index contributed by atoms with van der Waals surface area (Å²) in [6.07, 6.45) is 3.24. The van der Waals surface area contributed by atoms with Crippen molar-refractivity contribution >= 4 is 0 Å². The summed E-state index contributed by atoms with van der Waals surface area (Å²) in [5, 5.41) is 18.6. The van der Waals surface area contributed by atoms with Crippen LogP contribution in [0.25, 0.3) is 0 Å². The minimum Gasteiger partial charge on any atom is -0.389 e. The van der Waals surface area contributed by atoms with Crippen LogP contribution in [0.3, 0.4) is 0 Å². The van der Waals surface area contributed by atoms with Gasteiger partial charge in [-0.3, -0.25) is 4.90 Å². The van der Waals surface area contributed by atoms with Gasteiger partial charge in [0.25, 0.3) is 0 Å². The second-order valence-corrected chi connectivity index (χ2v) is 5.50. The van der Waals surface area contributed by atoms with E-state index >= 15 is 0 Å². The summed E-state index contributed by atoms with van der Waals surface area (Å²) in [4.78, 5) is 2.27. The molecule has 1 aromatic heterocycles. The van der Waals surface area contributed by atoms with Crippen molar-refractivity contribution in [2.45, 2.75) is 51.9 Å². The summed E-state index contributed by atoms with van der Waals surface area (Å²) in [6, 6.07) is 0. The lowest BCUT2D eigenvalue weighted by atomic mass is 9.96. The molecule has 0 amide bonds. The monoisotopic (exact) mass is 282 g/mol. The van der Waals surface area contributed by atoms with Gasteiger partial charge in [-0.25, -0.2) is 0 Å². The van der Waals surface area contributed by atoms with Crippen LogP contribution < -0.4 is 0 Å². The van der Waals surface area contributed by atoms with Crippen LogP contribution in [0, 0.1) is 0 Å². The van der Waals surface area contributed by atoms with Crippen LogP contribution in [0.2, 0.25) is 0 Å². The van der Waals surface area contributed by atoms with Crippen molar-refractivity contribution in [3.05, 3.63) is 12.2 Å². The molecule has 1 N–H and O–H groups in total. The number of nitrogens with zero attached hydrogens (tertiary/aromatic N) is 4. The molecule has 1 aliphatic heterocycles. The molecule has 2 heterocycles. The average Bonchev–Trinajstić information content (AvgIpc) is 2.96. The van der Waals surface area contributed by atoms with Crippen LogP contribution in [0.1, 0.15) is 45.5 Å². The highest BCUT2D eigenvalue weighted by Crippen LogP contribution is 2.23. The second kappa shape index (κ2) is 6.65. The van der Waals surface area contributed by atoms with E-state index in [0.29, 0.717) is 13.2 Å². The molecule has 1 aromatic rings. The number of morpholine rings is 1. The molecule has 0 aliphatic carbocycles. The average molecular weight is 282 g/mol. The molecule has 1 aliphatic rings. The number of ether oxygens (including phenoxy) is 1. The van der Waals surface area contributed by atoms with Crippen LogP contribution >= 0.6 is 0 Å². The normalized spacial score (nSPS) is 21.3. The maximum Gasteiger partial charge on any atom is 0.163 e. The Morgan fingerprint density at radius 2 is 2.15 bits per heavy atom. The molecule has 0 bridgehead atoms. The predicted octanol–water partition coefficient (Wildman–Crippen LogP) is 1.22. The van der Waals surface area contributed by atoms with E-state index in [2.05, 4.69) is 22.0 Å². The summed E-state index contributed by atoms with van der Waals surface area (Å²) in [6.45, 7) is 9.98. The van der Waals surface area contributed by atoms with Gasteiger partial charge < -0.3 is 14.4 Å². The molecule has 1 saturated heterocycles. The van der Waals surface area contributed by atoms with Gasteiger partial charge in [0.2, 0.25) is 0 Å². The fourth-order valence-electron chi connectivity index (χ4n) is 2.65. The lowest BCUT2D eigenvalue weighted by Crippen LogP contribution is -2.48. The maximum atomic E-state index is 10.5. The molecule has 1 atom stereocenters. The third-order valence-electron chi connectivity index (χ3n) is 4.26. The van der Waals surface area contributed by atoms with Crippen LogP contribution in [-0.2, 0) is 11.3 Å². The summed E-state index contributed by atoms with van der Waals surface area (Å²) in [5.41, 5.74) is -0.597. The number of rotatable bonds is 6. The summed E-state index contributed by atoms with van der Waals surface area (Å²) in [5.74, 6) is 0.883. The first-order chi connectivity index (χ1) is 9.61. The van der Waals surface area contributed by atoms with Gasteiger partial charge in [-0.05, 0) is 19.8 Å². The Kier molecular flexibility index (Phi) is 5.12. The lowest BCUT2D eigenvalue weighted by Gasteiger charge is -2.37. The van der Waals surface area contributed by atoms with E-state index in [4.69, 9.17) is 4.74 Å². The van der Waals surface area contributed by atoms with E-state index < -0.39 is 5.60 Å². The number of hydrogen-bond donors (Lipinski definition) is 1. The molecular formula is C14H26N4O2. The van der Waals surface area contributed by atoms with Gasteiger partial charge in [0.1, 0.15) is 12.4 Å². The van der Waals surface area contributed by atoms with Crippen molar-refractivity contribution in [1.29, 1.82) is 0 Å². The molecule has 6 heteroatoms. The van der Waals surface area contributed by atoms with Crippen molar-refractivity contribution in [3.8, 4) is 0 Å². The largest absolute Gasteiger partial charge is 0.389 e. The zero-order valence-electron chi connectivity index (χ0n) is 12.7. The molecule has 0 aromatic carbocycles. The van der Waals surface area contributed by atoms with Crippen molar-refractivity contribution < 1.29 is 9.84 Å². The zero-order valence-corrected chi connectivity index (χ0v) is 12.7. The number of aromatic nitrogens is 3. The standard InChI is InChI=1S/C14H26N4O2/c1-4-14(19,5-2)10-17-7-8-20-12(9-17)13-16-15-11-18(13)6-3/h11-12,19H,4-10H2,1-3H3/t12-/m1/s1. The van der Waals surface area contributed by atoms with Gasteiger partial charge in [-0.1, -0.05) is 13.8 Å². The first kappa shape index (κ1) is 15.4. The minimum atomic E-state index is -0.597.